The van der Waals surface area contributed by atoms with Crippen LogP contribution in [0.2, 0.25) is 0 Å². The first-order chi connectivity index (χ1) is 18.2. The highest BCUT2D eigenvalue weighted by atomic mass is 32.1. The Labute approximate surface area is 225 Å². The quantitative estimate of drug-likeness (QED) is 0.298. The number of ether oxygens (including phenoxy) is 1. The number of nitrogens with zero attached hydrogens (tertiary/aromatic N) is 4. The first-order valence-corrected chi connectivity index (χ1v) is 14.8. The van der Waals surface area contributed by atoms with Crippen molar-refractivity contribution in [3.63, 3.8) is 0 Å². The predicted octanol–water partition coefficient (Wildman–Crippen LogP) is 5.45. The summed E-state index contributed by atoms with van der Waals surface area (Å²) in [5, 5.41) is 5.71. The Morgan fingerprint density at radius 3 is 2.68 bits per heavy atom. The zero-order chi connectivity index (χ0) is 25.0. The van der Waals surface area contributed by atoms with Crippen molar-refractivity contribution < 1.29 is 13.9 Å². The van der Waals surface area contributed by atoms with Crippen molar-refractivity contribution in [3.05, 3.63) is 58.1 Å². The second kappa shape index (κ2) is 11.4. The summed E-state index contributed by atoms with van der Waals surface area (Å²) in [4.78, 5) is 26.0. The molecule has 1 aromatic carbocycles. The van der Waals surface area contributed by atoms with Crippen LogP contribution in [0.5, 0.6) is 0 Å². The number of thiazole rings is 1. The highest BCUT2D eigenvalue weighted by molar-refractivity contribution is 7.14. The molecule has 2 aliphatic rings. The first-order valence-electron chi connectivity index (χ1n) is 13.1. The summed E-state index contributed by atoms with van der Waals surface area (Å²) in [5.74, 6) is 0.752. The Hall–Kier alpha value is -2.56. The summed E-state index contributed by atoms with van der Waals surface area (Å²) in [6.45, 7) is 7.73. The highest BCUT2D eigenvalue weighted by Crippen LogP contribution is 2.32. The van der Waals surface area contributed by atoms with Crippen molar-refractivity contribution in [1.29, 1.82) is 0 Å². The van der Waals surface area contributed by atoms with Crippen molar-refractivity contribution in [3.8, 4) is 11.5 Å². The van der Waals surface area contributed by atoms with Gasteiger partial charge in [0.1, 0.15) is 11.3 Å². The number of hydrogen-bond acceptors (Lipinski definition) is 8. The van der Waals surface area contributed by atoms with Crippen LogP contribution < -0.4 is 4.90 Å². The smallest absolute Gasteiger partial charge is 0.270 e. The van der Waals surface area contributed by atoms with Gasteiger partial charge in [-0.15, -0.1) is 22.7 Å². The number of furan rings is 1. The van der Waals surface area contributed by atoms with Gasteiger partial charge < -0.3 is 14.1 Å². The van der Waals surface area contributed by atoms with Gasteiger partial charge in [0, 0.05) is 36.4 Å². The number of para-hydroxylation sites is 1. The fraction of sp³-hybridized carbons (Fsp3) is 0.429. The molecular weight excluding hydrogens is 504 g/mol. The van der Waals surface area contributed by atoms with E-state index in [2.05, 4.69) is 9.80 Å². The maximum absolute atomic E-state index is 13.4. The molecule has 2 aliphatic heterocycles. The molecule has 4 aromatic rings. The summed E-state index contributed by atoms with van der Waals surface area (Å²) in [5.41, 5.74) is 1.61. The largest absolute Gasteiger partial charge is 0.454 e. The minimum atomic E-state index is 0.0199. The molecule has 5 heterocycles. The predicted molar refractivity (Wildman–Crippen MR) is 150 cm³/mol. The monoisotopic (exact) mass is 536 g/mol. The number of hydrogen-bond donors (Lipinski definition) is 0. The van der Waals surface area contributed by atoms with Crippen molar-refractivity contribution >= 4 is 44.7 Å². The number of morpholine rings is 1. The van der Waals surface area contributed by atoms with Crippen LogP contribution in [0.15, 0.2) is 57.6 Å². The third-order valence-electron chi connectivity index (χ3n) is 7.35. The maximum Gasteiger partial charge on any atom is 0.270 e. The molecule has 0 N–H and O–H groups in total. The zero-order valence-electron chi connectivity index (χ0n) is 20.9. The molecule has 0 radical (unpaired) electrons. The number of fused-ring (bicyclic) bond motifs is 1. The highest BCUT2D eigenvalue weighted by Gasteiger charge is 2.27. The molecule has 2 saturated heterocycles. The van der Waals surface area contributed by atoms with Crippen LogP contribution in [0.1, 0.15) is 28.9 Å². The Morgan fingerprint density at radius 2 is 1.89 bits per heavy atom. The molecule has 9 heteroatoms. The van der Waals surface area contributed by atoms with Gasteiger partial charge in [0.25, 0.3) is 5.91 Å². The Balaban J connectivity index is 1.10. The molecule has 1 amide bonds. The molecule has 0 saturated carbocycles. The first kappa shape index (κ1) is 24.8. The van der Waals surface area contributed by atoms with Gasteiger partial charge in [-0.05, 0) is 62.5 Å². The molecular formula is C28H32N4O3S2. The van der Waals surface area contributed by atoms with Crippen LogP contribution >= 0.6 is 22.7 Å². The molecule has 2 fully saturated rings. The Morgan fingerprint density at radius 1 is 1.05 bits per heavy atom. The molecule has 0 unspecified atom stereocenters. The lowest BCUT2D eigenvalue weighted by Gasteiger charge is -2.40. The summed E-state index contributed by atoms with van der Waals surface area (Å²) in [6.07, 6.45) is 3.34. The van der Waals surface area contributed by atoms with Crippen LogP contribution in [0.3, 0.4) is 0 Å². The van der Waals surface area contributed by atoms with Crippen molar-refractivity contribution in [2.75, 3.05) is 57.4 Å². The SMILES string of the molecule is O=C(c1cccs1)N(CCCN1CCC(N2CCOCC2)CC1)c1nc(-c2cc3ccccc3o2)cs1. The van der Waals surface area contributed by atoms with E-state index in [9.17, 15) is 4.79 Å². The Kier molecular flexibility index (Phi) is 7.66. The van der Waals surface area contributed by atoms with E-state index in [1.165, 1.54) is 35.5 Å². The molecule has 37 heavy (non-hydrogen) atoms. The number of anilines is 1. The summed E-state index contributed by atoms with van der Waals surface area (Å²) in [7, 11) is 0. The number of carbonyl (C=O) groups excluding carboxylic acids is 1. The van der Waals surface area contributed by atoms with Crippen LogP contribution in [0.4, 0.5) is 5.13 Å². The standard InChI is InChI=1S/C28H32N4O3S2/c33-27(26-7-3-18-36-26)32(11-4-10-30-12-8-22(9-13-30)31-14-16-34-17-15-31)28-29-23(20-37-28)25-19-21-5-1-2-6-24(21)35-25/h1-3,5-7,18-20,22H,4,8-17H2. The maximum atomic E-state index is 13.4. The van der Waals surface area contributed by atoms with Crippen LogP contribution in [-0.2, 0) is 4.74 Å². The number of thiophene rings is 1. The normalized spacial score (nSPS) is 17.9. The molecule has 6 rings (SSSR count). The Bertz CT molecular complexity index is 1270. The lowest BCUT2D eigenvalue weighted by atomic mass is 10.0. The van der Waals surface area contributed by atoms with Gasteiger partial charge in [0.05, 0.1) is 18.1 Å². The number of rotatable bonds is 8. The number of aromatic nitrogens is 1. The van der Waals surface area contributed by atoms with E-state index in [1.807, 2.05) is 58.1 Å². The summed E-state index contributed by atoms with van der Waals surface area (Å²) in [6, 6.07) is 14.5. The molecule has 0 bridgehead atoms. The van der Waals surface area contributed by atoms with Gasteiger partial charge in [-0.2, -0.15) is 0 Å². The molecule has 7 nitrogen and oxygen atoms in total. The lowest BCUT2D eigenvalue weighted by Crippen LogP contribution is -2.49. The van der Waals surface area contributed by atoms with Gasteiger partial charge in [-0.3, -0.25) is 14.6 Å². The lowest BCUT2D eigenvalue weighted by molar-refractivity contribution is 0.000887. The number of benzene rings is 1. The third kappa shape index (κ3) is 5.66. The van der Waals surface area contributed by atoms with Crippen LogP contribution in [-0.4, -0.2) is 79.2 Å². The third-order valence-corrected chi connectivity index (χ3v) is 9.07. The summed E-state index contributed by atoms with van der Waals surface area (Å²) < 4.78 is 11.5. The summed E-state index contributed by atoms with van der Waals surface area (Å²) >= 11 is 2.98. The number of piperidine rings is 1. The second-order valence-electron chi connectivity index (χ2n) is 9.67. The number of likely N-dealkylation sites (tertiary alicyclic amines) is 1. The topological polar surface area (TPSA) is 62.1 Å². The van der Waals surface area contributed by atoms with E-state index in [0.717, 1.165) is 84.8 Å². The van der Waals surface area contributed by atoms with Crippen LogP contribution in [0.25, 0.3) is 22.4 Å². The minimum absolute atomic E-state index is 0.0199. The van der Waals surface area contributed by atoms with Crippen molar-refractivity contribution in [1.82, 2.24) is 14.8 Å². The van der Waals surface area contributed by atoms with Gasteiger partial charge in [0.2, 0.25) is 0 Å². The zero-order valence-corrected chi connectivity index (χ0v) is 22.5. The van der Waals surface area contributed by atoms with Crippen molar-refractivity contribution in [2.45, 2.75) is 25.3 Å². The number of amides is 1. The fourth-order valence-electron chi connectivity index (χ4n) is 5.33. The molecule has 194 valence electrons. The van der Waals surface area contributed by atoms with Gasteiger partial charge in [0.15, 0.2) is 10.9 Å². The van der Waals surface area contributed by atoms with Crippen LogP contribution in [0, 0.1) is 0 Å². The average molecular weight is 537 g/mol. The molecule has 0 aliphatic carbocycles. The molecule has 0 atom stereocenters. The van der Waals surface area contributed by atoms with Gasteiger partial charge >= 0.3 is 0 Å². The minimum Gasteiger partial charge on any atom is -0.454 e. The van der Waals surface area contributed by atoms with E-state index < -0.39 is 0 Å². The van der Waals surface area contributed by atoms with Gasteiger partial charge in [-0.1, -0.05) is 24.3 Å². The van der Waals surface area contributed by atoms with E-state index in [4.69, 9.17) is 14.1 Å². The van der Waals surface area contributed by atoms with E-state index >= 15 is 0 Å². The van der Waals surface area contributed by atoms with E-state index in [1.54, 1.807) is 0 Å². The fourth-order valence-corrected chi connectivity index (χ4v) is 6.84. The second-order valence-corrected chi connectivity index (χ2v) is 11.5. The van der Waals surface area contributed by atoms with Crippen molar-refractivity contribution in [2.24, 2.45) is 0 Å². The molecule has 3 aromatic heterocycles. The average Bonchev–Trinajstić information content (AvgIpc) is 3.72. The van der Waals surface area contributed by atoms with E-state index in [-0.39, 0.29) is 5.91 Å². The van der Waals surface area contributed by atoms with E-state index in [0.29, 0.717) is 12.6 Å². The molecule has 0 spiro atoms. The van der Waals surface area contributed by atoms with Gasteiger partial charge in [-0.25, -0.2) is 4.98 Å². The number of carbonyl (C=O) groups is 1.